The first-order chi connectivity index (χ1) is 13.9. The monoisotopic (exact) mass is 439 g/mol. The van der Waals surface area contributed by atoms with E-state index in [1.807, 2.05) is 0 Å². The van der Waals surface area contributed by atoms with Gasteiger partial charge >= 0.3 is 0 Å². The second-order valence-electron chi connectivity index (χ2n) is 8.06. The number of benzene rings is 1. The van der Waals surface area contributed by atoms with Crippen LogP contribution < -0.4 is 5.32 Å². The molecule has 2 heterocycles. The number of alkyl halides is 1. The van der Waals surface area contributed by atoms with Gasteiger partial charge in [-0.05, 0) is 30.1 Å². The number of halogens is 5. The van der Waals surface area contributed by atoms with Crippen LogP contribution in [0.2, 0.25) is 5.15 Å². The second kappa shape index (κ2) is 5.98. The fraction of sp³-hybridized carbons (Fsp3) is 0.421. The number of hydrogen-bond acceptors (Lipinski definition) is 4. The Morgan fingerprint density at radius 1 is 1.10 bits per heavy atom. The summed E-state index contributed by atoms with van der Waals surface area (Å²) in [5, 5.41) is 7.90. The Morgan fingerprint density at radius 3 is 2.48 bits per heavy atom. The minimum absolute atomic E-state index is 0.0660. The van der Waals surface area contributed by atoms with Gasteiger partial charge in [0.2, 0.25) is 0 Å². The normalized spacial score (nSPS) is 31.6. The number of nitrogens with zero attached hydrogens (tertiary/aromatic N) is 4. The van der Waals surface area contributed by atoms with Crippen LogP contribution in [0.3, 0.4) is 0 Å². The molecule has 0 saturated heterocycles. The highest BCUT2D eigenvalue weighted by molar-refractivity contribution is 6.30. The van der Waals surface area contributed by atoms with Gasteiger partial charge in [0.05, 0.1) is 0 Å². The molecule has 6 atom stereocenters. The quantitative estimate of drug-likeness (QED) is 0.491. The van der Waals surface area contributed by atoms with Crippen molar-refractivity contribution in [2.75, 3.05) is 5.32 Å². The molecule has 6 unspecified atom stereocenters. The topological polar surface area (TPSA) is 55.1 Å². The summed E-state index contributed by atoms with van der Waals surface area (Å²) in [5.41, 5.74) is 0.0920. The summed E-state index contributed by atoms with van der Waals surface area (Å²) >= 11 is 12.9. The Hall–Kier alpha value is -2.06. The first-order valence-corrected chi connectivity index (χ1v) is 10.2. The van der Waals surface area contributed by atoms with Gasteiger partial charge in [0, 0.05) is 41.1 Å². The highest BCUT2D eigenvalue weighted by atomic mass is 35.5. The van der Waals surface area contributed by atoms with E-state index in [4.69, 9.17) is 23.2 Å². The van der Waals surface area contributed by atoms with Crippen LogP contribution >= 0.6 is 23.2 Å². The third-order valence-electron chi connectivity index (χ3n) is 6.73. The lowest BCUT2D eigenvalue weighted by molar-refractivity contribution is 0.527. The first kappa shape index (κ1) is 17.8. The van der Waals surface area contributed by atoms with Gasteiger partial charge in [0.25, 0.3) is 5.78 Å². The summed E-state index contributed by atoms with van der Waals surface area (Å²) in [6, 6.07) is 1.44. The fourth-order valence-corrected chi connectivity index (χ4v) is 6.34. The molecule has 10 heteroatoms. The van der Waals surface area contributed by atoms with Crippen molar-refractivity contribution in [1.29, 1.82) is 0 Å². The highest BCUT2D eigenvalue weighted by Gasteiger charge is 2.73. The van der Waals surface area contributed by atoms with E-state index >= 15 is 0 Å². The van der Waals surface area contributed by atoms with Crippen LogP contribution in [0.5, 0.6) is 0 Å². The third-order valence-corrected chi connectivity index (χ3v) is 7.65. The number of aromatic nitrogens is 4. The number of nitrogens with one attached hydrogen (secondary N) is 1. The van der Waals surface area contributed by atoms with E-state index < -0.39 is 17.5 Å². The fourth-order valence-electron chi connectivity index (χ4n) is 5.49. The zero-order chi connectivity index (χ0) is 20.0. The van der Waals surface area contributed by atoms with Gasteiger partial charge in [-0.2, -0.15) is 19.6 Å². The summed E-state index contributed by atoms with van der Waals surface area (Å²) in [6.07, 6.45) is 2.21. The van der Waals surface area contributed by atoms with E-state index in [1.165, 1.54) is 10.8 Å². The summed E-state index contributed by atoms with van der Waals surface area (Å²) in [5.74, 6) is -0.179. The number of fused-ring (bicyclic) bond motifs is 1. The molecule has 29 heavy (non-hydrogen) atoms. The Bertz CT molecular complexity index is 1150. The van der Waals surface area contributed by atoms with Crippen molar-refractivity contribution < 1.29 is 13.2 Å². The molecule has 1 aromatic carbocycles. The number of rotatable bonds is 4. The van der Waals surface area contributed by atoms with Crippen LogP contribution in [0.4, 0.5) is 19.0 Å². The minimum atomic E-state index is -0.977. The van der Waals surface area contributed by atoms with Crippen molar-refractivity contribution in [3.05, 3.63) is 52.2 Å². The predicted molar refractivity (Wildman–Crippen MR) is 101 cm³/mol. The lowest BCUT2D eigenvalue weighted by Crippen LogP contribution is -2.28. The zero-order valence-electron chi connectivity index (χ0n) is 14.8. The van der Waals surface area contributed by atoms with Crippen molar-refractivity contribution >= 4 is 34.8 Å². The lowest BCUT2D eigenvalue weighted by atomic mass is 10.0. The smallest absolute Gasteiger partial charge is 0.255 e. The van der Waals surface area contributed by atoms with E-state index in [0.29, 0.717) is 47.2 Å². The SMILES string of the molecule is Fc1cc(F)c(Cc2c(Cl)nc3ncnn3c2NC2C3CC4C(C3Cl)C42)c(F)c1. The molecule has 4 saturated carbocycles. The van der Waals surface area contributed by atoms with Gasteiger partial charge in [-0.3, -0.25) is 0 Å². The van der Waals surface area contributed by atoms with Crippen LogP contribution in [0.1, 0.15) is 17.5 Å². The average Bonchev–Trinajstić information content (AvgIpc) is 3.00. The molecule has 2 aromatic heterocycles. The molecule has 3 aromatic rings. The van der Waals surface area contributed by atoms with Gasteiger partial charge in [-0.25, -0.2) is 13.2 Å². The van der Waals surface area contributed by atoms with Crippen molar-refractivity contribution in [1.82, 2.24) is 19.6 Å². The Balaban J connectivity index is 1.45. The molecular weight excluding hydrogens is 426 g/mol. The zero-order valence-corrected chi connectivity index (χ0v) is 16.3. The third kappa shape index (κ3) is 2.45. The number of anilines is 1. The van der Waals surface area contributed by atoms with Crippen LogP contribution in [0, 0.1) is 41.1 Å². The molecular formula is C19H14Cl2F3N5. The second-order valence-corrected chi connectivity index (χ2v) is 8.92. The molecule has 0 radical (unpaired) electrons. The molecule has 7 rings (SSSR count). The van der Waals surface area contributed by atoms with Gasteiger partial charge in [0.1, 0.15) is 34.7 Å². The van der Waals surface area contributed by atoms with Crippen LogP contribution in [0.15, 0.2) is 18.5 Å². The van der Waals surface area contributed by atoms with Crippen molar-refractivity contribution in [2.24, 2.45) is 23.7 Å². The van der Waals surface area contributed by atoms with Crippen molar-refractivity contribution in [3.8, 4) is 0 Å². The summed E-state index contributed by atoms with van der Waals surface area (Å²) in [6.45, 7) is 0. The Morgan fingerprint density at radius 2 is 1.86 bits per heavy atom. The van der Waals surface area contributed by atoms with E-state index in [0.717, 1.165) is 6.42 Å². The van der Waals surface area contributed by atoms with E-state index in [-0.39, 0.29) is 34.3 Å². The van der Waals surface area contributed by atoms with Gasteiger partial charge < -0.3 is 5.32 Å². The molecule has 5 nitrogen and oxygen atoms in total. The first-order valence-electron chi connectivity index (χ1n) is 9.36. The molecule has 0 spiro atoms. The van der Waals surface area contributed by atoms with Gasteiger partial charge in [-0.15, -0.1) is 11.6 Å². The maximum Gasteiger partial charge on any atom is 0.255 e. The molecule has 0 amide bonds. The predicted octanol–water partition coefficient (Wildman–Crippen LogP) is 4.07. The van der Waals surface area contributed by atoms with E-state index in [2.05, 4.69) is 20.4 Å². The molecule has 1 N–H and O–H groups in total. The van der Waals surface area contributed by atoms with Crippen molar-refractivity contribution in [2.45, 2.75) is 24.3 Å². The number of hydrogen-bond donors (Lipinski definition) is 1. The van der Waals surface area contributed by atoms with Crippen LogP contribution in [0.25, 0.3) is 5.78 Å². The molecule has 4 aliphatic rings. The summed E-state index contributed by atoms with van der Waals surface area (Å²) in [7, 11) is 0. The largest absolute Gasteiger partial charge is 0.366 e. The van der Waals surface area contributed by atoms with Gasteiger partial charge in [0.15, 0.2) is 0 Å². The maximum absolute atomic E-state index is 14.3. The summed E-state index contributed by atoms with van der Waals surface area (Å²) in [4.78, 5) is 8.26. The van der Waals surface area contributed by atoms with E-state index in [1.54, 1.807) is 0 Å². The standard InChI is InChI=1S/C19H14Cl2F3N5/c20-15-9-4-8-13(15)14(8)16(9)27-18-10(17(21)28-19-25-5-26-29(18)19)3-7-11(23)1-6(22)2-12(7)24/h1-2,5,8-9,13-16,27H,3-4H2. The Labute approximate surface area is 173 Å². The minimum Gasteiger partial charge on any atom is -0.366 e. The van der Waals surface area contributed by atoms with E-state index in [9.17, 15) is 13.2 Å². The maximum atomic E-state index is 14.3. The van der Waals surface area contributed by atoms with Gasteiger partial charge in [-0.1, -0.05) is 11.6 Å². The molecule has 0 aliphatic heterocycles. The summed E-state index contributed by atoms with van der Waals surface area (Å²) < 4.78 is 43.4. The molecule has 4 fully saturated rings. The lowest BCUT2D eigenvalue weighted by Gasteiger charge is -2.22. The molecule has 4 bridgehead atoms. The van der Waals surface area contributed by atoms with Crippen molar-refractivity contribution in [3.63, 3.8) is 0 Å². The Kier molecular flexibility index (Phi) is 3.66. The molecule has 150 valence electrons. The average molecular weight is 440 g/mol. The highest BCUT2D eigenvalue weighted by Crippen LogP contribution is 2.72. The van der Waals surface area contributed by atoms with Crippen LogP contribution in [-0.2, 0) is 6.42 Å². The van der Waals surface area contributed by atoms with Crippen LogP contribution in [-0.4, -0.2) is 31.0 Å². The molecule has 4 aliphatic carbocycles.